The van der Waals surface area contributed by atoms with Crippen molar-refractivity contribution in [1.29, 1.82) is 0 Å². The lowest BCUT2D eigenvalue weighted by molar-refractivity contribution is 0.171. The van der Waals surface area contributed by atoms with Crippen LogP contribution in [0, 0.1) is 0 Å². The normalized spacial score (nSPS) is 15.2. The molecule has 1 aliphatic carbocycles. The van der Waals surface area contributed by atoms with Crippen LogP contribution in [0.4, 0.5) is 11.4 Å². The quantitative estimate of drug-likeness (QED) is 0.713. The fourth-order valence-electron chi connectivity index (χ4n) is 3.64. The zero-order valence-electron chi connectivity index (χ0n) is 13.6. The van der Waals surface area contributed by atoms with Crippen LogP contribution in [0.3, 0.4) is 0 Å². The molecule has 0 saturated heterocycles. The van der Waals surface area contributed by atoms with Crippen molar-refractivity contribution in [3.63, 3.8) is 0 Å². The second kappa shape index (κ2) is 5.81. The molecule has 0 amide bonds. The predicted octanol–water partition coefficient (Wildman–Crippen LogP) is 4.89. The zero-order valence-corrected chi connectivity index (χ0v) is 14.4. The van der Waals surface area contributed by atoms with Gasteiger partial charge in [0.2, 0.25) is 0 Å². The number of nitrogens with zero attached hydrogens (tertiary/aromatic N) is 1. The molecule has 1 N–H and O–H groups in total. The molecule has 0 atom stereocenters. The second-order valence-corrected chi connectivity index (χ2v) is 6.85. The molecule has 0 radical (unpaired) electrons. The van der Waals surface area contributed by atoms with Gasteiger partial charge in [-0.05, 0) is 55.2 Å². The van der Waals surface area contributed by atoms with E-state index in [1.165, 1.54) is 11.3 Å². The molecule has 0 bridgehead atoms. The highest BCUT2D eigenvalue weighted by molar-refractivity contribution is 6.31. The van der Waals surface area contributed by atoms with Gasteiger partial charge in [-0.3, -0.25) is 4.98 Å². The van der Waals surface area contributed by atoms with Crippen molar-refractivity contribution < 1.29 is 9.47 Å². The molecule has 2 heterocycles. The Kier molecular flexibility index (Phi) is 3.45. The van der Waals surface area contributed by atoms with E-state index in [9.17, 15) is 0 Å². The predicted molar refractivity (Wildman–Crippen MR) is 99.5 cm³/mol. The number of ether oxygens (including phenoxy) is 2. The molecule has 0 spiro atoms. The first kappa shape index (κ1) is 14.8. The van der Waals surface area contributed by atoms with Crippen LogP contribution in [0.5, 0.6) is 11.5 Å². The maximum atomic E-state index is 6.25. The van der Waals surface area contributed by atoms with Crippen LogP contribution in [0.1, 0.15) is 17.7 Å². The summed E-state index contributed by atoms with van der Waals surface area (Å²) >= 11 is 6.25. The monoisotopic (exact) mass is 352 g/mol. The van der Waals surface area contributed by atoms with E-state index < -0.39 is 0 Å². The van der Waals surface area contributed by atoms with Gasteiger partial charge in [-0.1, -0.05) is 11.6 Å². The summed E-state index contributed by atoms with van der Waals surface area (Å²) in [6.45, 7) is 1.18. The van der Waals surface area contributed by atoms with Gasteiger partial charge in [-0.15, -0.1) is 0 Å². The van der Waals surface area contributed by atoms with Crippen LogP contribution in [0.25, 0.3) is 10.9 Å². The van der Waals surface area contributed by atoms with Crippen molar-refractivity contribution >= 4 is 33.9 Å². The summed E-state index contributed by atoms with van der Waals surface area (Å²) in [6.07, 6.45) is 3.21. The van der Waals surface area contributed by atoms with E-state index in [0.717, 1.165) is 58.1 Å². The fraction of sp³-hybridized carbons (Fsp3) is 0.250. The molecule has 0 unspecified atom stereocenters. The summed E-state index contributed by atoms with van der Waals surface area (Å²) in [5.41, 5.74) is 5.55. The molecular formula is C20H17ClN2O2. The summed E-state index contributed by atoms with van der Waals surface area (Å²) in [4.78, 5) is 4.83. The molecule has 0 saturated carbocycles. The Hall–Kier alpha value is -2.46. The van der Waals surface area contributed by atoms with Gasteiger partial charge >= 0.3 is 0 Å². The number of aromatic nitrogens is 1. The maximum absolute atomic E-state index is 6.25. The average molecular weight is 353 g/mol. The molecule has 4 nitrogen and oxygen atoms in total. The lowest BCUT2D eigenvalue weighted by atomic mass is 10.1. The van der Waals surface area contributed by atoms with E-state index in [-0.39, 0.29) is 0 Å². The molecule has 2 aliphatic rings. The molecule has 1 aromatic heterocycles. The van der Waals surface area contributed by atoms with E-state index >= 15 is 0 Å². The molecule has 5 rings (SSSR count). The number of hydrogen-bond acceptors (Lipinski definition) is 4. The highest BCUT2D eigenvalue weighted by Crippen LogP contribution is 2.39. The minimum Gasteiger partial charge on any atom is -0.486 e. The van der Waals surface area contributed by atoms with E-state index in [2.05, 4.69) is 5.32 Å². The largest absolute Gasteiger partial charge is 0.486 e. The van der Waals surface area contributed by atoms with Crippen molar-refractivity contribution in [3.05, 3.63) is 52.7 Å². The molecule has 2 aromatic carbocycles. The molecule has 0 fully saturated rings. The first-order chi connectivity index (χ1) is 12.3. The number of pyridine rings is 1. The Bertz CT molecular complexity index is 987. The molecule has 3 aromatic rings. The summed E-state index contributed by atoms with van der Waals surface area (Å²) < 4.78 is 11.3. The van der Waals surface area contributed by atoms with Gasteiger partial charge in [0.25, 0.3) is 0 Å². The van der Waals surface area contributed by atoms with Gasteiger partial charge < -0.3 is 14.8 Å². The number of aryl methyl sites for hydroxylation is 1. The van der Waals surface area contributed by atoms with E-state index in [4.69, 9.17) is 26.1 Å². The Morgan fingerprint density at radius 3 is 2.76 bits per heavy atom. The average Bonchev–Trinajstić information content (AvgIpc) is 3.10. The number of anilines is 2. The lowest BCUT2D eigenvalue weighted by Crippen LogP contribution is -2.15. The summed E-state index contributed by atoms with van der Waals surface area (Å²) in [5.74, 6) is 1.58. The van der Waals surface area contributed by atoms with Crippen LogP contribution in [-0.2, 0) is 12.8 Å². The third-order valence-electron chi connectivity index (χ3n) is 4.79. The number of rotatable bonds is 2. The Morgan fingerprint density at radius 1 is 0.960 bits per heavy atom. The highest BCUT2D eigenvalue weighted by Gasteiger charge is 2.20. The number of hydrogen-bond donors (Lipinski definition) is 1. The minimum atomic E-state index is 0.583. The van der Waals surface area contributed by atoms with Gasteiger partial charge in [0, 0.05) is 27.9 Å². The van der Waals surface area contributed by atoms with Crippen molar-refractivity contribution in [2.75, 3.05) is 18.5 Å². The van der Waals surface area contributed by atoms with Gasteiger partial charge in [0.05, 0.1) is 11.2 Å². The third kappa shape index (κ3) is 2.57. The van der Waals surface area contributed by atoms with Gasteiger partial charge in [-0.2, -0.15) is 0 Å². The fourth-order valence-corrected chi connectivity index (χ4v) is 3.81. The van der Waals surface area contributed by atoms with Crippen LogP contribution >= 0.6 is 11.6 Å². The zero-order chi connectivity index (χ0) is 16.8. The van der Waals surface area contributed by atoms with E-state index in [1.807, 2.05) is 36.4 Å². The Morgan fingerprint density at radius 2 is 1.84 bits per heavy atom. The van der Waals surface area contributed by atoms with Gasteiger partial charge in [0.1, 0.15) is 13.2 Å². The molecule has 25 heavy (non-hydrogen) atoms. The number of nitrogens with one attached hydrogen (secondary N) is 1. The molecule has 1 aliphatic heterocycles. The summed E-state index contributed by atoms with van der Waals surface area (Å²) in [6, 6.07) is 11.8. The van der Waals surface area contributed by atoms with Crippen LogP contribution in [0.2, 0.25) is 5.02 Å². The van der Waals surface area contributed by atoms with Crippen LogP contribution in [0.15, 0.2) is 36.4 Å². The van der Waals surface area contributed by atoms with Crippen molar-refractivity contribution in [2.24, 2.45) is 0 Å². The maximum Gasteiger partial charge on any atom is 0.163 e. The standard InChI is InChI=1S/C20H17ClN2O2/c21-12-4-6-17-15(10-12)20(14-2-1-3-16(14)23-17)22-13-5-7-18-19(11-13)25-9-8-24-18/h4-7,10-11H,1-3,8-9H2,(H,22,23). The Labute approximate surface area is 150 Å². The number of halogens is 1. The highest BCUT2D eigenvalue weighted by atomic mass is 35.5. The van der Waals surface area contributed by atoms with E-state index in [0.29, 0.717) is 13.2 Å². The molecule has 126 valence electrons. The topological polar surface area (TPSA) is 43.4 Å². The van der Waals surface area contributed by atoms with Crippen molar-refractivity contribution in [1.82, 2.24) is 4.98 Å². The minimum absolute atomic E-state index is 0.583. The summed E-state index contributed by atoms with van der Waals surface area (Å²) in [7, 11) is 0. The lowest BCUT2D eigenvalue weighted by Gasteiger charge is -2.20. The second-order valence-electron chi connectivity index (χ2n) is 6.41. The Balaban J connectivity index is 1.64. The van der Waals surface area contributed by atoms with Gasteiger partial charge in [-0.25, -0.2) is 0 Å². The third-order valence-corrected chi connectivity index (χ3v) is 5.02. The SMILES string of the molecule is Clc1ccc2nc3c(c(Nc4ccc5c(c4)OCCO5)c2c1)CCC3. The summed E-state index contributed by atoms with van der Waals surface area (Å²) in [5, 5.41) is 5.37. The van der Waals surface area contributed by atoms with Crippen molar-refractivity contribution in [3.8, 4) is 11.5 Å². The number of fused-ring (bicyclic) bond motifs is 3. The smallest absolute Gasteiger partial charge is 0.163 e. The van der Waals surface area contributed by atoms with Crippen molar-refractivity contribution in [2.45, 2.75) is 19.3 Å². The van der Waals surface area contributed by atoms with E-state index in [1.54, 1.807) is 0 Å². The van der Waals surface area contributed by atoms with Gasteiger partial charge in [0.15, 0.2) is 11.5 Å². The number of benzene rings is 2. The van der Waals surface area contributed by atoms with Crippen LogP contribution < -0.4 is 14.8 Å². The molecule has 5 heteroatoms. The molecular weight excluding hydrogens is 336 g/mol. The first-order valence-corrected chi connectivity index (χ1v) is 8.93. The van der Waals surface area contributed by atoms with Crippen LogP contribution in [-0.4, -0.2) is 18.2 Å². The first-order valence-electron chi connectivity index (χ1n) is 8.55.